The van der Waals surface area contributed by atoms with Crippen LogP contribution in [0.25, 0.3) is 0 Å². The van der Waals surface area contributed by atoms with E-state index in [0.29, 0.717) is 22.8 Å². The van der Waals surface area contributed by atoms with E-state index in [1.807, 2.05) is 80.6 Å². The van der Waals surface area contributed by atoms with Gasteiger partial charge in [0.15, 0.2) is 0 Å². The Morgan fingerprint density at radius 1 is 0.871 bits per heavy atom. The molecule has 2 N–H and O–H groups in total. The van der Waals surface area contributed by atoms with Crippen LogP contribution in [0.4, 0.5) is 17.1 Å². The second-order valence-electron chi connectivity index (χ2n) is 7.11. The summed E-state index contributed by atoms with van der Waals surface area (Å²) in [7, 11) is 0. The predicted octanol–water partition coefficient (Wildman–Crippen LogP) is 5.87. The summed E-state index contributed by atoms with van der Waals surface area (Å²) in [5.41, 5.74) is 4.77. The molecule has 4 aromatic rings. The van der Waals surface area contributed by atoms with E-state index in [9.17, 15) is 4.79 Å². The molecular formula is C25H23N3O3. The number of carbonyl (C=O) groups is 1. The number of anilines is 3. The SMILES string of the molecule is Cc1noc(C)c1COc1ccccc1C(=O)Nc1ccc(Nc2ccccc2)cc1. The number of ether oxygens (including phenoxy) is 1. The Balaban J connectivity index is 1.43. The van der Waals surface area contributed by atoms with Gasteiger partial charge in [0.2, 0.25) is 0 Å². The molecule has 1 amide bonds. The smallest absolute Gasteiger partial charge is 0.259 e. The van der Waals surface area contributed by atoms with Crippen LogP contribution in [0.1, 0.15) is 27.4 Å². The van der Waals surface area contributed by atoms with E-state index in [-0.39, 0.29) is 12.5 Å². The summed E-state index contributed by atoms with van der Waals surface area (Å²) in [4.78, 5) is 12.9. The third kappa shape index (κ3) is 4.93. The van der Waals surface area contributed by atoms with Gasteiger partial charge in [-0.1, -0.05) is 35.5 Å². The van der Waals surface area contributed by atoms with E-state index in [1.54, 1.807) is 12.1 Å². The van der Waals surface area contributed by atoms with Crippen molar-refractivity contribution < 1.29 is 14.1 Å². The molecule has 0 aliphatic carbocycles. The number of carbonyl (C=O) groups excluding carboxylic acids is 1. The zero-order valence-corrected chi connectivity index (χ0v) is 17.4. The average molecular weight is 413 g/mol. The fourth-order valence-electron chi connectivity index (χ4n) is 3.16. The largest absolute Gasteiger partial charge is 0.488 e. The van der Waals surface area contributed by atoms with Crippen LogP contribution in [0.3, 0.4) is 0 Å². The molecule has 3 aromatic carbocycles. The first kappa shape index (κ1) is 20.2. The third-order valence-corrected chi connectivity index (χ3v) is 4.89. The monoisotopic (exact) mass is 413 g/mol. The lowest BCUT2D eigenvalue weighted by Gasteiger charge is -2.12. The Kier molecular flexibility index (Phi) is 5.98. The van der Waals surface area contributed by atoms with Gasteiger partial charge in [0.25, 0.3) is 5.91 Å². The molecule has 31 heavy (non-hydrogen) atoms. The lowest BCUT2D eigenvalue weighted by atomic mass is 10.1. The molecule has 6 nitrogen and oxygen atoms in total. The first-order chi connectivity index (χ1) is 15.1. The van der Waals surface area contributed by atoms with Crippen LogP contribution in [0.15, 0.2) is 83.4 Å². The molecular weight excluding hydrogens is 390 g/mol. The Hall–Kier alpha value is -4.06. The summed E-state index contributed by atoms with van der Waals surface area (Å²) in [5, 5.41) is 10.2. The number of aryl methyl sites for hydroxylation is 2. The fraction of sp³-hybridized carbons (Fsp3) is 0.120. The van der Waals surface area contributed by atoms with Gasteiger partial charge in [-0.3, -0.25) is 4.79 Å². The second kappa shape index (κ2) is 9.17. The Morgan fingerprint density at radius 2 is 1.52 bits per heavy atom. The first-order valence-corrected chi connectivity index (χ1v) is 9.97. The normalized spacial score (nSPS) is 10.5. The van der Waals surface area contributed by atoms with Gasteiger partial charge >= 0.3 is 0 Å². The van der Waals surface area contributed by atoms with Crippen LogP contribution in [-0.4, -0.2) is 11.1 Å². The minimum absolute atomic E-state index is 0.238. The summed E-state index contributed by atoms with van der Waals surface area (Å²) in [5.74, 6) is 0.976. The van der Waals surface area contributed by atoms with Gasteiger partial charge in [0.05, 0.1) is 16.8 Å². The maximum atomic E-state index is 12.9. The van der Waals surface area contributed by atoms with Gasteiger partial charge in [-0.15, -0.1) is 0 Å². The summed E-state index contributed by atoms with van der Waals surface area (Å²) >= 11 is 0. The Morgan fingerprint density at radius 3 is 2.23 bits per heavy atom. The van der Waals surface area contributed by atoms with Gasteiger partial charge in [-0.05, 0) is 62.4 Å². The van der Waals surface area contributed by atoms with Crippen molar-refractivity contribution in [1.82, 2.24) is 5.16 Å². The number of benzene rings is 3. The molecule has 1 heterocycles. The predicted molar refractivity (Wildman–Crippen MR) is 121 cm³/mol. The minimum Gasteiger partial charge on any atom is -0.488 e. The van der Waals surface area contributed by atoms with Crippen molar-refractivity contribution in [3.8, 4) is 5.75 Å². The number of amides is 1. The highest BCUT2D eigenvalue weighted by Gasteiger charge is 2.15. The van der Waals surface area contributed by atoms with Crippen LogP contribution in [-0.2, 0) is 6.61 Å². The Bertz CT molecular complexity index is 1150. The quantitative estimate of drug-likeness (QED) is 0.396. The van der Waals surface area contributed by atoms with Gasteiger partial charge in [0.1, 0.15) is 18.1 Å². The van der Waals surface area contributed by atoms with E-state index in [4.69, 9.17) is 9.26 Å². The summed E-state index contributed by atoms with van der Waals surface area (Å²) < 4.78 is 11.1. The number of para-hydroxylation sites is 2. The van der Waals surface area contributed by atoms with Crippen molar-refractivity contribution in [3.05, 3.63) is 101 Å². The van der Waals surface area contributed by atoms with Crippen molar-refractivity contribution in [3.63, 3.8) is 0 Å². The lowest BCUT2D eigenvalue weighted by Crippen LogP contribution is -2.13. The number of hydrogen-bond acceptors (Lipinski definition) is 5. The molecule has 0 aliphatic heterocycles. The van der Waals surface area contributed by atoms with Crippen molar-refractivity contribution in [1.29, 1.82) is 0 Å². The average Bonchev–Trinajstić information content (AvgIpc) is 3.12. The number of nitrogens with one attached hydrogen (secondary N) is 2. The van der Waals surface area contributed by atoms with Crippen LogP contribution >= 0.6 is 0 Å². The number of rotatable bonds is 7. The highest BCUT2D eigenvalue weighted by atomic mass is 16.5. The third-order valence-electron chi connectivity index (χ3n) is 4.89. The molecule has 0 fully saturated rings. The van der Waals surface area contributed by atoms with Crippen LogP contribution in [0.2, 0.25) is 0 Å². The molecule has 1 aromatic heterocycles. The molecule has 4 rings (SSSR count). The van der Waals surface area contributed by atoms with Crippen LogP contribution in [0.5, 0.6) is 5.75 Å². The molecule has 0 bridgehead atoms. The molecule has 0 aliphatic rings. The van der Waals surface area contributed by atoms with E-state index < -0.39 is 0 Å². The topological polar surface area (TPSA) is 76.4 Å². The molecule has 0 spiro atoms. The van der Waals surface area contributed by atoms with E-state index >= 15 is 0 Å². The van der Waals surface area contributed by atoms with Crippen molar-refractivity contribution in [2.24, 2.45) is 0 Å². The van der Waals surface area contributed by atoms with Crippen LogP contribution in [0, 0.1) is 13.8 Å². The zero-order chi connectivity index (χ0) is 21.6. The molecule has 6 heteroatoms. The summed E-state index contributed by atoms with van der Waals surface area (Å²) in [6.45, 7) is 3.99. The molecule has 0 atom stereocenters. The van der Waals surface area contributed by atoms with Crippen molar-refractivity contribution >= 4 is 23.0 Å². The van der Waals surface area contributed by atoms with E-state index in [1.165, 1.54) is 0 Å². The zero-order valence-electron chi connectivity index (χ0n) is 17.4. The minimum atomic E-state index is -0.238. The molecule has 0 saturated carbocycles. The van der Waals surface area contributed by atoms with Gasteiger partial charge < -0.3 is 19.9 Å². The molecule has 156 valence electrons. The van der Waals surface area contributed by atoms with Gasteiger partial charge in [-0.2, -0.15) is 0 Å². The fourth-order valence-corrected chi connectivity index (χ4v) is 3.16. The van der Waals surface area contributed by atoms with E-state index in [2.05, 4.69) is 15.8 Å². The van der Waals surface area contributed by atoms with Crippen LogP contribution < -0.4 is 15.4 Å². The maximum absolute atomic E-state index is 12.9. The van der Waals surface area contributed by atoms with E-state index in [0.717, 1.165) is 22.6 Å². The van der Waals surface area contributed by atoms with Gasteiger partial charge in [-0.25, -0.2) is 0 Å². The summed E-state index contributed by atoms with van der Waals surface area (Å²) in [6, 6.07) is 24.6. The first-order valence-electron chi connectivity index (χ1n) is 9.97. The molecule has 0 saturated heterocycles. The molecule has 0 radical (unpaired) electrons. The summed E-state index contributed by atoms with van der Waals surface area (Å²) in [6.07, 6.45) is 0. The standard InChI is InChI=1S/C25H23N3O3/c1-17-23(18(2)31-28-17)16-30-24-11-7-6-10-22(24)25(29)27-21-14-12-20(13-15-21)26-19-8-4-3-5-9-19/h3-15,26H,16H2,1-2H3,(H,27,29). The second-order valence-corrected chi connectivity index (χ2v) is 7.11. The maximum Gasteiger partial charge on any atom is 0.259 e. The number of aromatic nitrogens is 1. The number of nitrogens with zero attached hydrogens (tertiary/aromatic N) is 1. The Labute approximate surface area is 180 Å². The van der Waals surface area contributed by atoms with Gasteiger partial charge in [0, 0.05) is 17.1 Å². The number of hydrogen-bond donors (Lipinski definition) is 2. The highest BCUT2D eigenvalue weighted by molar-refractivity contribution is 6.06. The lowest BCUT2D eigenvalue weighted by molar-refractivity contribution is 0.102. The molecule has 0 unspecified atom stereocenters. The highest BCUT2D eigenvalue weighted by Crippen LogP contribution is 2.24. The van der Waals surface area contributed by atoms with Crippen molar-refractivity contribution in [2.75, 3.05) is 10.6 Å². The van der Waals surface area contributed by atoms with Crippen molar-refractivity contribution in [2.45, 2.75) is 20.5 Å².